The average molecular weight is 275 g/mol. The summed E-state index contributed by atoms with van der Waals surface area (Å²) in [6.45, 7) is 16.9. The van der Waals surface area contributed by atoms with E-state index in [9.17, 15) is 0 Å². The zero-order valence-electron chi connectivity index (χ0n) is 14.0. The number of hydrogen-bond acceptors (Lipinski definition) is 3. The van der Waals surface area contributed by atoms with Gasteiger partial charge in [-0.1, -0.05) is 26.8 Å². The second-order valence-electron chi connectivity index (χ2n) is 7.74. The Labute approximate surface area is 123 Å². The third-order valence-electron chi connectivity index (χ3n) is 4.50. The molecule has 0 N–H and O–H groups in total. The summed E-state index contributed by atoms with van der Waals surface area (Å²) in [5.41, 5.74) is 2.64. The minimum Gasteiger partial charge on any atom is -0.399 e. The van der Waals surface area contributed by atoms with Gasteiger partial charge in [-0.15, -0.1) is 0 Å². The fourth-order valence-corrected chi connectivity index (χ4v) is 2.17. The molecule has 20 heavy (non-hydrogen) atoms. The molecule has 1 saturated heterocycles. The van der Waals surface area contributed by atoms with Gasteiger partial charge in [-0.3, -0.25) is 4.98 Å². The Hall–Kier alpha value is -0.865. The molecule has 2 rings (SSSR count). The van der Waals surface area contributed by atoms with Crippen LogP contribution in [0.5, 0.6) is 0 Å². The lowest BCUT2D eigenvalue weighted by molar-refractivity contribution is 0.00578. The third kappa shape index (κ3) is 2.64. The van der Waals surface area contributed by atoms with Crippen LogP contribution >= 0.6 is 0 Å². The molecule has 0 saturated carbocycles. The predicted octanol–water partition coefficient (Wildman–Crippen LogP) is 2.99. The molecule has 0 atom stereocenters. The highest BCUT2D eigenvalue weighted by Gasteiger charge is 2.52. The normalized spacial score (nSPS) is 21.3. The fraction of sp³-hybridized carbons (Fsp3) is 0.688. The van der Waals surface area contributed by atoms with E-state index >= 15 is 0 Å². The number of hydrogen-bond donors (Lipinski definition) is 0. The molecule has 2 heterocycles. The molecule has 1 aromatic heterocycles. The van der Waals surface area contributed by atoms with Crippen molar-refractivity contribution >= 4 is 12.6 Å². The molecule has 0 aliphatic carbocycles. The zero-order chi connectivity index (χ0) is 15.3. The molecule has 4 heteroatoms. The summed E-state index contributed by atoms with van der Waals surface area (Å²) in [4.78, 5) is 4.53. The van der Waals surface area contributed by atoms with Crippen molar-refractivity contribution in [1.29, 1.82) is 0 Å². The van der Waals surface area contributed by atoms with E-state index in [4.69, 9.17) is 9.31 Å². The number of aryl methyl sites for hydroxylation is 1. The summed E-state index contributed by atoms with van der Waals surface area (Å²) in [5, 5.41) is 0. The Balaban J connectivity index is 2.40. The lowest BCUT2D eigenvalue weighted by Crippen LogP contribution is -2.41. The molecule has 1 aromatic rings. The van der Waals surface area contributed by atoms with Crippen molar-refractivity contribution in [3.05, 3.63) is 23.5 Å². The number of nitrogens with zero attached hydrogens (tertiary/aromatic N) is 1. The van der Waals surface area contributed by atoms with Crippen LogP contribution in [-0.4, -0.2) is 23.3 Å². The maximum atomic E-state index is 6.14. The topological polar surface area (TPSA) is 31.4 Å². The molecule has 110 valence electrons. The molecule has 0 unspecified atom stereocenters. The lowest BCUT2D eigenvalue weighted by Gasteiger charge is -2.32. The van der Waals surface area contributed by atoms with E-state index in [1.807, 2.05) is 13.1 Å². The first kappa shape index (κ1) is 15.5. The first-order valence-corrected chi connectivity index (χ1v) is 7.27. The van der Waals surface area contributed by atoms with Crippen LogP contribution in [0, 0.1) is 6.92 Å². The van der Waals surface area contributed by atoms with E-state index in [1.165, 1.54) is 5.56 Å². The van der Waals surface area contributed by atoms with E-state index in [-0.39, 0.29) is 23.7 Å². The monoisotopic (exact) mass is 275 g/mol. The molecular formula is C16H26BNO2. The molecular weight excluding hydrogens is 249 g/mol. The summed E-state index contributed by atoms with van der Waals surface area (Å²) in [6.07, 6.45) is 1.95. The van der Waals surface area contributed by atoms with Gasteiger partial charge in [0.25, 0.3) is 0 Å². The van der Waals surface area contributed by atoms with Gasteiger partial charge in [0.05, 0.1) is 11.2 Å². The van der Waals surface area contributed by atoms with Crippen molar-refractivity contribution in [3.8, 4) is 0 Å². The summed E-state index contributed by atoms with van der Waals surface area (Å²) in [6, 6.07) is 2.17. The maximum absolute atomic E-state index is 6.14. The highest BCUT2D eigenvalue weighted by atomic mass is 16.7. The maximum Gasteiger partial charge on any atom is 0.496 e. The van der Waals surface area contributed by atoms with Crippen molar-refractivity contribution in [1.82, 2.24) is 4.98 Å². The Morgan fingerprint density at radius 1 is 1.05 bits per heavy atom. The SMILES string of the molecule is Cc1ncc(C(C)(C)C)cc1B1OC(C)(C)C(C)(C)O1. The lowest BCUT2D eigenvalue weighted by atomic mass is 9.75. The zero-order valence-corrected chi connectivity index (χ0v) is 14.0. The molecule has 1 fully saturated rings. The van der Waals surface area contributed by atoms with Crippen LogP contribution in [-0.2, 0) is 14.7 Å². The van der Waals surface area contributed by atoms with Gasteiger partial charge in [0.2, 0.25) is 0 Å². The molecule has 0 bridgehead atoms. The summed E-state index contributed by atoms with van der Waals surface area (Å²) >= 11 is 0. The van der Waals surface area contributed by atoms with Crippen LogP contribution in [0.1, 0.15) is 59.7 Å². The van der Waals surface area contributed by atoms with Crippen molar-refractivity contribution < 1.29 is 9.31 Å². The van der Waals surface area contributed by atoms with Crippen LogP contribution in [0.15, 0.2) is 12.3 Å². The molecule has 0 aromatic carbocycles. The minimum absolute atomic E-state index is 0.0685. The fourth-order valence-electron chi connectivity index (χ4n) is 2.17. The molecule has 1 aliphatic heterocycles. The first-order valence-electron chi connectivity index (χ1n) is 7.27. The van der Waals surface area contributed by atoms with Crippen LogP contribution in [0.2, 0.25) is 0 Å². The second kappa shape index (κ2) is 4.57. The van der Waals surface area contributed by atoms with Crippen LogP contribution < -0.4 is 5.46 Å². The molecule has 3 nitrogen and oxygen atoms in total. The quantitative estimate of drug-likeness (QED) is 0.738. The number of rotatable bonds is 1. The Kier molecular flexibility index (Phi) is 3.55. The van der Waals surface area contributed by atoms with Crippen LogP contribution in [0.3, 0.4) is 0 Å². The molecule has 0 radical (unpaired) electrons. The van der Waals surface area contributed by atoms with E-state index in [0.29, 0.717) is 0 Å². The Bertz CT molecular complexity index is 502. The van der Waals surface area contributed by atoms with Gasteiger partial charge in [-0.25, -0.2) is 0 Å². The van der Waals surface area contributed by atoms with Crippen molar-refractivity contribution in [2.75, 3.05) is 0 Å². The summed E-state index contributed by atoms with van der Waals surface area (Å²) in [7, 11) is -0.338. The smallest absolute Gasteiger partial charge is 0.399 e. The van der Waals surface area contributed by atoms with Gasteiger partial charge >= 0.3 is 7.12 Å². The molecule has 1 aliphatic rings. The average Bonchev–Trinajstić information content (AvgIpc) is 2.46. The Morgan fingerprint density at radius 2 is 1.55 bits per heavy atom. The standard InChI is InChI=1S/C16H26BNO2/c1-11-13(9-12(10-18-11)14(2,3)4)17-19-15(5,6)16(7,8)20-17/h9-10H,1-8H3. The van der Waals surface area contributed by atoms with Crippen LogP contribution in [0.4, 0.5) is 0 Å². The predicted molar refractivity (Wildman–Crippen MR) is 83.4 cm³/mol. The van der Waals surface area contributed by atoms with Crippen molar-refractivity contribution in [3.63, 3.8) is 0 Å². The highest BCUT2D eigenvalue weighted by molar-refractivity contribution is 6.62. The summed E-state index contributed by atoms with van der Waals surface area (Å²) in [5.74, 6) is 0. The van der Waals surface area contributed by atoms with Crippen molar-refractivity contribution in [2.24, 2.45) is 0 Å². The molecule has 0 spiro atoms. The van der Waals surface area contributed by atoms with E-state index in [0.717, 1.165) is 11.2 Å². The van der Waals surface area contributed by atoms with Crippen LogP contribution in [0.25, 0.3) is 0 Å². The minimum atomic E-state index is -0.338. The number of pyridine rings is 1. The van der Waals surface area contributed by atoms with Gasteiger partial charge < -0.3 is 9.31 Å². The van der Waals surface area contributed by atoms with Gasteiger partial charge in [0, 0.05) is 17.4 Å². The van der Waals surface area contributed by atoms with E-state index in [1.54, 1.807) is 0 Å². The van der Waals surface area contributed by atoms with Gasteiger partial charge in [-0.2, -0.15) is 0 Å². The van der Waals surface area contributed by atoms with Gasteiger partial charge in [0.15, 0.2) is 0 Å². The van der Waals surface area contributed by atoms with Gasteiger partial charge in [-0.05, 0) is 45.6 Å². The Morgan fingerprint density at radius 3 is 2.00 bits per heavy atom. The number of aromatic nitrogens is 1. The first-order chi connectivity index (χ1) is 8.94. The largest absolute Gasteiger partial charge is 0.496 e. The molecule has 0 amide bonds. The van der Waals surface area contributed by atoms with E-state index in [2.05, 4.69) is 59.5 Å². The van der Waals surface area contributed by atoms with Crippen molar-refractivity contribution in [2.45, 2.75) is 72.0 Å². The van der Waals surface area contributed by atoms with Gasteiger partial charge in [0.1, 0.15) is 0 Å². The highest BCUT2D eigenvalue weighted by Crippen LogP contribution is 2.36. The second-order valence-corrected chi connectivity index (χ2v) is 7.74. The van der Waals surface area contributed by atoms with E-state index < -0.39 is 0 Å². The summed E-state index contributed by atoms with van der Waals surface area (Å²) < 4.78 is 12.3. The third-order valence-corrected chi connectivity index (χ3v) is 4.50.